The number of nitrogens with zero attached hydrogens (tertiary/aromatic N) is 1. The summed E-state index contributed by atoms with van der Waals surface area (Å²) in [5.41, 5.74) is 3.75. The Kier molecular flexibility index (Phi) is 4.13. The summed E-state index contributed by atoms with van der Waals surface area (Å²) in [5.74, 6) is -0.516. The predicted octanol–water partition coefficient (Wildman–Crippen LogP) is 2.13. The Morgan fingerprint density at radius 1 is 1.43 bits per heavy atom. The maximum absolute atomic E-state index is 12.8. The van der Waals surface area contributed by atoms with Gasteiger partial charge in [0.2, 0.25) is 0 Å². The molecule has 2 rings (SSSR count). The summed E-state index contributed by atoms with van der Waals surface area (Å²) in [6.45, 7) is 2.37. The number of carbonyl (C=O) groups is 1. The minimum Gasteiger partial charge on any atom is -0.398 e. The summed E-state index contributed by atoms with van der Waals surface area (Å²) in [7, 11) is 0. The van der Waals surface area contributed by atoms with Crippen molar-refractivity contribution in [1.29, 1.82) is 0 Å². The highest BCUT2D eigenvalue weighted by Gasteiger charge is 2.35. The molecular weight excluding hydrogens is 285 g/mol. The number of amides is 1. The van der Waals surface area contributed by atoms with Gasteiger partial charge in [-0.05, 0) is 24.5 Å². The van der Waals surface area contributed by atoms with Crippen LogP contribution in [0, 0.1) is 5.92 Å². The fourth-order valence-corrected chi connectivity index (χ4v) is 2.40. The van der Waals surface area contributed by atoms with Crippen molar-refractivity contribution in [3.05, 3.63) is 29.3 Å². The van der Waals surface area contributed by atoms with Gasteiger partial charge in [-0.15, -0.1) is 0 Å². The number of hydrogen-bond donors (Lipinski definition) is 2. The van der Waals surface area contributed by atoms with Crippen molar-refractivity contribution in [3.63, 3.8) is 0 Å². The van der Waals surface area contributed by atoms with Gasteiger partial charge in [-0.3, -0.25) is 4.79 Å². The van der Waals surface area contributed by atoms with Crippen LogP contribution in [0.4, 0.5) is 18.9 Å². The molecule has 2 atom stereocenters. The van der Waals surface area contributed by atoms with Crippen molar-refractivity contribution in [2.75, 3.05) is 18.8 Å². The van der Waals surface area contributed by atoms with Gasteiger partial charge in [0.15, 0.2) is 0 Å². The number of nitrogen functional groups attached to an aromatic ring is 1. The molecule has 1 heterocycles. The second kappa shape index (κ2) is 5.55. The first-order valence-corrected chi connectivity index (χ1v) is 6.65. The van der Waals surface area contributed by atoms with Gasteiger partial charge < -0.3 is 15.7 Å². The maximum Gasteiger partial charge on any atom is 0.418 e. The molecule has 0 saturated carbocycles. The van der Waals surface area contributed by atoms with E-state index < -0.39 is 29.4 Å². The van der Waals surface area contributed by atoms with Gasteiger partial charge in [-0.1, -0.05) is 13.0 Å². The van der Waals surface area contributed by atoms with Crippen LogP contribution in [0.3, 0.4) is 0 Å². The lowest BCUT2D eigenvalue weighted by Gasteiger charge is -2.34. The SMILES string of the molecule is CC1CCN(C(=O)c2cccc(C(F)(F)F)c2N)CC1O. The second-order valence-corrected chi connectivity index (χ2v) is 5.35. The number of halogens is 3. The van der Waals surface area contributed by atoms with E-state index in [0.717, 1.165) is 12.1 Å². The van der Waals surface area contributed by atoms with Gasteiger partial charge in [0.05, 0.1) is 22.9 Å². The fourth-order valence-electron chi connectivity index (χ4n) is 2.40. The molecule has 0 aromatic heterocycles. The molecule has 1 saturated heterocycles. The predicted molar refractivity (Wildman–Crippen MR) is 71.5 cm³/mol. The van der Waals surface area contributed by atoms with Crippen molar-refractivity contribution in [3.8, 4) is 0 Å². The van der Waals surface area contributed by atoms with Crippen LogP contribution in [0.2, 0.25) is 0 Å². The minimum atomic E-state index is -4.60. The van der Waals surface area contributed by atoms with E-state index in [2.05, 4.69) is 0 Å². The second-order valence-electron chi connectivity index (χ2n) is 5.35. The number of alkyl halides is 3. The third kappa shape index (κ3) is 3.12. The van der Waals surface area contributed by atoms with Gasteiger partial charge in [-0.2, -0.15) is 13.2 Å². The molecular formula is C14H17F3N2O2. The van der Waals surface area contributed by atoms with Crippen LogP contribution in [0.1, 0.15) is 29.3 Å². The molecule has 2 unspecified atom stereocenters. The van der Waals surface area contributed by atoms with Crippen molar-refractivity contribution >= 4 is 11.6 Å². The molecule has 0 bridgehead atoms. The maximum atomic E-state index is 12.8. The molecule has 3 N–H and O–H groups in total. The van der Waals surface area contributed by atoms with Crippen LogP contribution in [0.5, 0.6) is 0 Å². The average molecular weight is 302 g/mol. The lowest BCUT2D eigenvalue weighted by Crippen LogP contribution is -2.46. The van der Waals surface area contributed by atoms with E-state index in [4.69, 9.17) is 5.73 Å². The average Bonchev–Trinajstić information content (AvgIpc) is 2.40. The van der Waals surface area contributed by atoms with Crippen molar-refractivity contribution in [1.82, 2.24) is 4.90 Å². The van der Waals surface area contributed by atoms with Gasteiger partial charge in [0, 0.05) is 13.1 Å². The molecule has 1 aliphatic heterocycles. The first-order chi connectivity index (χ1) is 9.71. The molecule has 21 heavy (non-hydrogen) atoms. The number of para-hydroxylation sites is 1. The van der Waals surface area contributed by atoms with Crippen LogP contribution < -0.4 is 5.73 Å². The molecule has 1 amide bonds. The summed E-state index contributed by atoms with van der Waals surface area (Å²) in [4.78, 5) is 13.7. The molecule has 0 spiro atoms. The molecule has 1 fully saturated rings. The molecule has 116 valence electrons. The van der Waals surface area contributed by atoms with E-state index in [0.29, 0.717) is 13.0 Å². The molecule has 0 radical (unpaired) electrons. The minimum absolute atomic E-state index is 0.0629. The highest BCUT2D eigenvalue weighted by atomic mass is 19.4. The fraction of sp³-hybridized carbons (Fsp3) is 0.500. The largest absolute Gasteiger partial charge is 0.418 e. The topological polar surface area (TPSA) is 66.6 Å². The number of benzene rings is 1. The highest BCUT2D eigenvalue weighted by molar-refractivity contribution is 6.00. The van der Waals surface area contributed by atoms with Gasteiger partial charge in [0.1, 0.15) is 0 Å². The van der Waals surface area contributed by atoms with Crippen LogP contribution >= 0.6 is 0 Å². The van der Waals surface area contributed by atoms with E-state index in [1.54, 1.807) is 0 Å². The summed E-state index contributed by atoms with van der Waals surface area (Å²) in [6.07, 6.45) is -4.67. The molecule has 1 aromatic rings. The normalized spacial score (nSPS) is 23.2. The number of nitrogens with two attached hydrogens (primary N) is 1. The number of likely N-dealkylation sites (tertiary alicyclic amines) is 1. The highest BCUT2D eigenvalue weighted by Crippen LogP contribution is 2.35. The zero-order chi connectivity index (χ0) is 15.8. The molecule has 7 heteroatoms. The zero-order valence-corrected chi connectivity index (χ0v) is 11.5. The first-order valence-electron chi connectivity index (χ1n) is 6.65. The summed E-state index contributed by atoms with van der Waals surface area (Å²) in [6, 6.07) is 3.28. The number of carbonyl (C=O) groups excluding carboxylic acids is 1. The Morgan fingerprint density at radius 3 is 2.67 bits per heavy atom. The summed E-state index contributed by atoms with van der Waals surface area (Å²) < 4.78 is 38.4. The van der Waals surface area contributed by atoms with E-state index >= 15 is 0 Å². The summed E-state index contributed by atoms with van der Waals surface area (Å²) in [5, 5.41) is 9.79. The van der Waals surface area contributed by atoms with Crippen LogP contribution in [0.25, 0.3) is 0 Å². The quantitative estimate of drug-likeness (QED) is 0.781. The van der Waals surface area contributed by atoms with E-state index in [1.165, 1.54) is 11.0 Å². The van der Waals surface area contributed by atoms with Crippen molar-refractivity contribution in [2.45, 2.75) is 25.6 Å². The van der Waals surface area contributed by atoms with E-state index in [1.807, 2.05) is 6.92 Å². The lowest BCUT2D eigenvalue weighted by molar-refractivity contribution is -0.136. The Hall–Kier alpha value is -1.76. The Balaban J connectivity index is 2.28. The van der Waals surface area contributed by atoms with Crippen LogP contribution in [0.15, 0.2) is 18.2 Å². The molecule has 0 aliphatic carbocycles. The van der Waals surface area contributed by atoms with Gasteiger partial charge in [0.25, 0.3) is 5.91 Å². The Morgan fingerprint density at radius 2 is 2.10 bits per heavy atom. The third-order valence-corrected chi connectivity index (χ3v) is 3.85. The number of aliphatic hydroxyl groups is 1. The lowest BCUT2D eigenvalue weighted by atomic mass is 9.95. The zero-order valence-electron chi connectivity index (χ0n) is 11.5. The molecule has 1 aromatic carbocycles. The number of piperidine rings is 1. The first kappa shape index (κ1) is 15.6. The number of anilines is 1. The monoisotopic (exact) mass is 302 g/mol. The number of aliphatic hydroxyl groups excluding tert-OH is 1. The van der Waals surface area contributed by atoms with Crippen LogP contribution in [-0.2, 0) is 6.18 Å². The van der Waals surface area contributed by atoms with E-state index in [-0.39, 0.29) is 18.0 Å². The Bertz CT molecular complexity index is 546. The number of rotatable bonds is 1. The molecule has 4 nitrogen and oxygen atoms in total. The van der Waals surface area contributed by atoms with Crippen molar-refractivity contribution in [2.24, 2.45) is 5.92 Å². The Labute approximate surface area is 120 Å². The summed E-state index contributed by atoms with van der Waals surface area (Å²) >= 11 is 0. The van der Waals surface area contributed by atoms with Crippen molar-refractivity contribution < 1.29 is 23.1 Å². The van der Waals surface area contributed by atoms with E-state index in [9.17, 15) is 23.1 Å². The van der Waals surface area contributed by atoms with Gasteiger partial charge >= 0.3 is 6.18 Å². The number of hydrogen-bond acceptors (Lipinski definition) is 3. The standard InChI is InChI=1S/C14H17F3N2O2/c1-8-5-6-19(7-11(8)20)13(21)9-3-2-4-10(12(9)18)14(15,16)17/h2-4,8,11,20H,5-7,18H2,1H3. The number of β-amino-alcohol motifs (C(OH)–C–C–N with tert-alkyl or cyclic N) is 1. The smallest absolute Gasteiger partial charge is 0.398 e. The molecule has 1 aliphatic rings. The van der Waals surface area contributed by atoms with Gasteiger partial charge in [-0.25, -0.2) is 0 Å². The third-order valence-electron chi connectivity index (χ3n) is 3.85. The van der Waals surface area contributed by atoms with Crippen LogP contribution in [-0.4, -0.2) is 35.1 Å².